The summed E-state index contributed by atoms with van der Waals surface area (Å²) < 4.78 is 0. The fraction of sp³-hybridized carbons (Fsp3) is 0.542. The molecule has 4 unspecified atom stereocenters. The molecule has 0 radical (unpaired) electrons. The number of aliphatic imine (C=N–C) groups is 1. The molecule has 0 saturated heterocycles. The summed E-state index contributed by atoms with van der Waals surface area (Å²) in [7, 11) is 0. The van der Waals surface area contributed by atoms with Crippen LogP contribution in [0.5, 0.6) is 5.75 Å². The number of carboxylic acids is 1. The van der Waals surface area contributed by atoms with Gasteiger partial charge in [0.25, 0.3) is 0 Å². The highest BCUT2D eigenvalue weighted by Crippen LogP contribution is 2.12. The summed E-state index contributed by atoms with van der Waals surface area (Å²) in [5.74, 6) is -3.42. The number of guanidine groups is 1. The second-order valence-corrected chi connectivity index (χ2v) is 9.28. The van der Waals surface area contributed by atoms with E-state index in [1.807, 2.05) is 0 Å². The molecule has 218 valence electrons. The molecule has 0 aliphatic heterocycles. The van der Waals surface area contributed by atoms with E-state index in [0.717, 1.165) is 0 Å². The molecule has 1 aromatic carbocycles. The summed E-state index contributed by atoms with van der Waals surface area (Å²) in [5, 5.41) is 26.5. The van der Waals surface area contributed by atoms with Crippen LogP contribution in [-0.4, -0.2) is 82.9 Å². The number of amides is 3. The summed E-state index contributed by atoms with van der Waals surface area (Å²) in [5.41, 5.74) is 22.6. The number of hydrogen-bond donors (Lipinski definition) is 10. The number of nitrogens with two attached hydrogens (primary N) is 4. The smallest absolute Gasteiger partial charge is 0.326 e. The van der Waals surface area contributed by atoms with Crippen molar-refractivity contribution in [2.45, 2.75) is 62.7 Å². The number of rotatable bonds is 18. The van der Waals surface area contributed by atoms with Crippen LogP contribution < -0.4 is 38.9 Å². The van der Waals surface area contributed by atoms with Gasteiger partial charge in [0.1, 0.15) is 23.9 Å². The second-order valence-electron chi connectivity index (χ2n) is 8.91. The molecular formula is C24H40N8O6S. The zero-order valence-electron chi connectivity index (χ0n) is 21.7. The Labute approximate surface area is 232 Å². The standard InChI is InChI=1S/C24H40N8O6S/c25-10-2-1-5-17(23(37)38)30-22(36)19(13-39)32-21(35)18(12-14-6-8-15(33)9-7-14)31-20(34)16(26)4-3-11-29-24(27)28/h6-9,16-19,33,39H,1-5,10-13,25-26H2,(H,30,36)(H,31,34)(H,32,35)(H,37,38)(H4,27,28,29). The molecule has 3 amide bonds. The van der Waals surface area contributed by atoms with Crippen molar-refractivity contribution in [3.63, 3.8) is 0 Å². The number of phenolic OH excluding ortho intramolecular Hbond substituents is 1. The highest BCUT2D eigenvalue weighted by Gasteiger charge is 2.29. The number of aromatic hydroxyl groups is 1. The Morgan fingerprint density at radius 3 is 2.03 bits per heavy atom. The second kappa shape index (κ2) is 17.9. The van der Waals surface area contributed by atoms with Crippen LogP contribution in [0.15, 0.2) is 29.3 Å². The van der Waals surface area contributed by atoms with E-state index in [1.165, 1.54) is 12.1 Å². The predicted octanol–water partition coefficient (Wildman–Crippen LogP) is -2.09. The summed E-state index contributed by atoms with van der Waals surface area (Å²) in [6.45, 7) is 0.673. The number of nitrogens with zero attached hydrogens (tertiary/aromatic N) is 1. The third kappa shape index (κ3) is 13.2. The number of nitrogens with one attached hydrogen (secondary N) is 3. The largest absolute Gasteiger partial charge is 0.508 e. The molecule has 0 fully saturated rings. The van der Waals surface area contributed by atoms with Crippen LogP contribution in [0, 0.1) is 0 Å². The van der Waals surface area contributed by atoms with Gasteiger partial charge in [-0.05, 0) is 56.3 Å². The Balaban J connectivity index is 2.95. The Morgan fingerprint density at radius 2 is 1.46 bits per heavy atom. The van der Waals surface area contributed by atoms with Crippen molar-refractivity contribution in [2.75, 3.05) is 18.8 Å². The molecule has 0 aliphatic carbocycles. The minimum atomic E-state index is -1.21. The van der Waals surface area contributed by atoms with Crippen molar-refractivity contribution < 1.29 is 29.4 Å². The maximum absolute atomic E-state index is 13.2. The van der Waals surface area contributed by atoms with Gasteiger partial charge >= 0.3 is 5.97 Å². The van der Waals surface area contributed by atoms with Gasteiger partial charge in [-0.25, -0.2) is 4.79 Å². The van der Waals surface area contributed by atoms with Crippen molar-refractivity contribution in [2.24, 2.45) is 27.9 Å². The molecule has 14 nitrogen and oxygen atoms in total. The van der Waals surface area contributed by atoms with Crippen molar-refractivity contribution in [1.29, 1.82) is 0 Å². The molecule has 0 spiro atoms. The fourth-order valence-corrected chi connectivity index (χ4v) is 3.75. The molecule has 0 saturated carbocycles. The maximum Gasteiger partial charge on any atom is 0.326 e. The lowest BCUT2D eigenvalue weighted by Gasteiger charge is -2.24. The lowest BCUT2D eigenvalue weighted by atomic mass is 10.0. The first kappa shape index (κ1) is 33.5. The Hall–Kier alpha value is -3.56. The molecule has 15 heteroatoms. The number of carbonyl (C=O) groups excluding carboxylic acids is 3. The third-order valence-corrected chi connectivity index (χ3v) is 6.06. The highest BCUT2D eigenvalue weighted by atomic mass is 32.1. The number of unbranched alkanes of at least 4 members (excludes halogenated alkanes) is 1. The molecule has 0 aromatic heterocycles. The summed E-state index contributed by atoms with van der Waals surface area (Å²) in [6, 6.07) is 1.60. The van der Waals surface area contributed by atoms with Gasteiger partial charge in [0.15, 0.2) is 5.96 Å². The lowest BCUT2D eigenvalue weighted by Crippen LogP contribution is -2.58. The average Bonchev–Trinajstić information content (AvgIpc) is 2.89. The molecule has 0 heterocycles. The first-order valence-electron chi connectivity index (χ1n) is 12.5. The molecule has 0 aliphatic rings. The van der Waals surface area contributed by atoms with E-state index in [1.54, 1.807) is 12.1 Å². The van der Waals surface area contributed by atoms with Crippen LogP contribution in [0.4, 0.5) is 0 Å². The third-order valence-electron chi connectivity index (χ3n) is 5.69. The highest BCUT2D eigenvalue weighted by molar-refractivity contribution is 7.80. The first-order valence-corrected chi connectivity index (χ1v) is 13.1. The van der Waals surface area contributed by atoms with Gasteiger partial charge in [0.05, 0.1) is 6.04 Å². The van der Waals surface area contributed by atoms with Crippen LogP contribution >= 0.6 is 12.6 Å². The Morgan fingerprint density at radius 1 is 0.872 bits per heavy atom. The molecule has 1 aromatic rings. The maximum atomic E-state index is 13.2. The molecule has 4 atom stereocenters. The Kier molecular flexibility index (Phi) is 15.3. The van der Waals surface area contributed by atoms with E-state index in [4.69, 9.17) is 22.9 Å². The molecule has 1 rings (SSSR count). The summed E-state index contributed by atoms with van der Waals surface area (Å²) in [6.07, 6.45) is 1.97. The van der Waals surface area contributed by atoms with Crippen molar-refractivity contribution in [1.82, 2.24) is 16.0 Å². The van der Waals surface area contributed by atoms with Gasteiger partial charge in [0, 0.05) is 18.7 Å². The Bertz CT molecular complexity index is 974. The fourth-order valence-electron chi connectivity index (χ4n) is 3.50. The lowest BCUT2D eigenvalue weighted by molar-refractivity contribution is -0.142. The minimum absolute atomic E-state index is 0.0241. The summed E-state index contributed by atoms with van der Waals surface area (Å²) in [4.78, 5) is 54.1. The average molecular weight is 569 g/mol. The number of carboxylic acid groups (broad SMARTS) is 1. The number of thiol groups is 1. The first-order chi connectivity index (χ1) is 18.5. The van der Waals surface area contributed by atoms with E-state index in [2.05, 4.69) is 33.6 Å². The van der Waals surface area contributed by atoms with Gasteiger partial charge in [-0.15, -0.1) is 0 Å². The van der Waals surface area contributed by atoms with E-state index < -0.39 is 47.9 Å². The molecule has 13 N–H and O–H groups in total. The van der Waals surface area contributed by atoms with Crippen LogP contribution in [0.25, 0.3) is 0 Å². The van der Waals surface area contributed by atoms with Gasteiger partial charge in [0.2, 0.25) is 17.7 Å². The van der Waals surface area contributed by atoms with Crippen LogP contribution in [0.2, 0.25) is 0 Å². The SMILES string of the molecule is NCCCCC(NC(=O)C(CS)NC(=O)C(Cc1ccc(O)cc1)NC(=O)C(N)CCCN=C(N)N)C(=O)O. The summed E-state index contributed by atoms with van der Waals surface area (Å²) >= 11 is 4.13. The zero-order chi connectivity index (χ0) is 29.4. The molecule has 39 heavy (non-hydrogen) atoms. The number of carbonyl (C=O) groups is 4. The van der Waals surface area contributed by atoms with Crippen LogP contribution in [0.3, 0.4) is 0 Å². The number of aliphatic carboxylic acids is 1. The minimum Gasteiger partial charge on any atom is -0.508 e. The van der Waals surface area contributed by atoms with Gasteiger partial charge in [-0.1, -0.05) is 12.1 Å². The number of hydrogen-bond acceptors (Lipinski definition) is 9. The van der Waals surface area contributed by atoms with E-state index in [-0.39, 0.29) is 43.3 Å². The zero-order valence-corrected chi connectivity index (χ0v) is 22.6. The van der Waals surface area contributed by atoms with Gasteiger partial charge in [-0.2, -0.15) is 12.6 Å². The quantitative estimate of drug-likeness (QED) is 0.0399. The van der Waals surface area contributed by atoms with Crippen molar-refractivity contribution >= 4 is 42.3 Å². The van der Waals surface area contributed by atoms with Crippen LogP contribution in [-0.2, 0) is 25.6 Å². The molecular weight excluding hydrogens is 528 g/mol. The van der Waals surface area contributed by atoms with E-state index >= 15 is 0 Å². The monoisotopic (exact) mass is 568 g/mol. The molecule has 0 bridgehead atoms. The van der Waals surface area contributed by atoms with Crippen molar-refractivity contribution in [3.8, 4) is 5.75 Å². The predicted molar refractivity (Wildman–Crippen MR) is 150 cm³/mol. The normalized spacial score (nSPS) is 13.8. The van der Waals surface area contributed by atoms with Crippen LogP contribution in [0.1, 0.15) is 37.7 Å². The van der Waals surface area contributed by atoms with Crippen molar-refractivity contribution in [3.05, 3.63) is 29.8 Å². The van der Waals surface area contributed by atoms with E-state index in [9.17, 15) is 29.4 Å². The van der Waals surface area contributed by atoms with E-state index in [0.29, 0.717) is 31.4 Å². The van der Waals surface area contributed by atoms with Gasteiger partial charge < -0.3 is 49.1 Å². The topological polar surface area (TPSA) is 261 Å². The number of benzene rings is 1. The van der Waals surface area contributed by atoms with Gasteiger partial charge in [-0.3, -0.25) is 19.4 Å². The number of phenols is 1.